The monoisotopic (exact) mass is 298 g/mol. The Labute approximate surface area is 133 Å². The highest BCUT2D eigenvalue weighted by atomic mass is 16.2. The molecular weight excluding hydrogens is 272 g/mol. The van der Waals surface area contributed by atoms with E-state index < -0.39 is 0 Å². The van der Waals surface area contributed by atoms with E-state index in [0.717, 1.165) is 32.1 Å². The molecule has 1 aliphatic carbocycles. The van der Waals surface area contributed by atoms with Crippen molar-refractivity contribution in [3.05, 3.63) is 35.9 Å². The fourth-order valence-electron chi connectivity index (χ4n) is 4.32. The third-order valence-corrected chi connectivity index (χ3v) is 5.68. The summed E-state index contributed by atoms with van der Waals surface area (Å²) in [5, 5.41) is 3.31. The number of nitrogens with zero attached hydrogens (tertiary/aromatic N) is 1. The third-order valence-electron chi connectivity index (χ3n) is 5.68. The second-order valence-corrected chi connectivity index (χ2v) is 7.31. The van der Waals surface area contributed by atoms with Gasteiger partial charge in [-0.3, -0.25) is 9.69 Å². The van der Waals surface area contributed by atoms with Crippen LogP contribution in [0.25, 0.3) is 0 Å². The average molecular weight is 298 g/mol. The summed E-state index contributed by atoms with van der Waals surface area (Å²) in [6.07, 6.45) is 8.30. The first-order valence-electron chi connectivity index (χ1n) is 8.89. The van der Waals surface area contributed by atoms with Crippen LogP contribution in [0.4, 0.5) is 0 Å². The molecule has 3 aliphatic rings. The first-order chi connectivity index (χ1) is 10.8. The first-order valence-corrected chi connectivity index (χ1v) is 8.89. The van der Waals surface area contributed by atoms with Crippen LogP contribution >= 0.6 is 0 Å². The van der Waals surface area contributed by atoms with Gasteiger partial charge in [0.05, 0.1) is 0 Å². The number of fused-ring (bicyclic) bond motifs is 2. The second-order valence-electron chi connectivity index (χ2n) is 7.31. The van der Waals surface area contributed by atoms with Crippen molar-refractivity contribution in [2.24, 2.45) is 5.92 Å². The van der Waals surface area contributed by atoms with Crippen LogP contribution in [-0.2, 0) is 11.2 Å². The SMILES string of the molecule is O=C(NC1CC2CCC(C1)N2CCc1ccccc1)C1CC1. The number of amides is 1. The molecule has 1 saturated carbocycles. The zero-order valence-corrected chi connectivity index (χ0v) is 13.2. The van der Waals surface area contributed by atoms with E-state index >= 15 is 0 Å². The number of hydrogen-bond donors (Lipinski definition) is 1. The quantitative estimate of drug-likeness (QED) is 0.906. The standard InChI is InChI=1S/C19H26N2O/c22-19(15-6-7-15)20-16-12-17-8-9-18(13-16)21(17)11-10-14-4-2-1-3-5-14/h1-5,15-18H,6-13H2,(H,20,22). The van der Waals surface area contributed by atoms with E-state index in [2.05, 4.69) is 40.5 Å². The molecule has 2 bridgehead atoms. The molecule has 0 aromatic heterocycles. The number of carbonyl (C=O) groups excluding carboxylic acids is 1. The number of piperidine rings is 1. The molecule has 1 N–H and O–H groups in total. The Kier molecular flexibility index (Phi) is 3.91. The van der Waals surface area contributed by atoms with Crippen molar-refractivity contribution in [3.63, 3.8) is 0 Å². The van der Waals surface area contributed by atoms with Crippen LogP contribution in [0.3, 0.4) is 0 Å². The van der Waals surface area contributed by atoms with Crippen LogP contribution in [0.2, 0.25) is 0 Å². The molecule has 22 heavy (non-hydrogen) atoms. The zero-order valence-electron chi connectivity index (χ0n) is 13.2. The molecule has 2 aliphatic heterocycles. The maximum absolute atomic E-state index is 12.0. The molecule has 2 unspecified atom stereocenters. The summed E-state index contributed by atoms with van der Waals surface area (Å²) in [6.45, 7) is 1.17. The lowest BCUT2D eigenvalue weighted by Gasteiger charge is -2.39. The predicted octanol–water partition coefficient (Wildman–Crippen LogP) is 2.75. The number of nitrogens with one attached hydrogen (secondary N) is 1. The largest absolute Gasteiger partial charge is 0.353 e. The summed E-state index contributed by atoms with van der Waals surface area (Å²) in [5.74, 6) is 0.663. The van der Waals surface area contributed by atoms with Crippen LogP contribution in [-0.4, -0.2) is 35.5 Å². The van der Waals surface area contributed by atoms with Gasteiger partial charge in [0.1, 0.15) is 0 Å². The molecule has 3 heteroatoms. The highest BCUT2D eigenvalue weighted by Gasteiger charge is 2.41. The lowest BCUT2D eigenvalue weighted by atomic mass is 9.96. The molecule has 4 rings (SSSR count). The minimum atomic E-state index is 0.321. The van der Waals surface area contributed by atoms with Crippen molar-refractivity contribution in [2.75, 3.05) is 6.54 Å². The van der Waals surface area contributed by atoms with E-state index in [0.29, 0.717) is 30.0 Å². The van der Waals surface area contributed by atoms with Gasteiger partial charge in [-0.05, 0) is 50.5 Å². The Morgan fingerprint density at radius 2 is 1.73 bits per heavy atom. The van der Waals surface area contributed by atoms with Crippen molar-refractivity contribution in [2.45, 2.75) is 63.1 Å². The molecule has 0 radical (unpaired) electrons. The number of hydrogen-bond acceptors (Lipinski definition) is 2. The third kappa shape index (κ3) is 3.05. The van der Waals surface area contributed by atoms with E-state index in [1.807, 2.05) is 0 Å². The number of carbonyl (C=O) groups is 1. The smallest absolute Gasteiger partial charge is 0.223 e. The maximum Gasteiger partial charge on any atom is 0.223 e. The summed E-state index contributed by atoms with van der Waals surface area (Å²) >= 11 is 0. The van der Waals surface area contributed by atoms with E-state index in [9.17, 15) is 4.79 Å². The zero-order chi connectivity index (χ0) is 14.9. The van der Waals surface area contributed by atoms with E-state index in [-0.39, 0.29) is 0 Å². The lowest BCUT2D eigenvalue weighted by molar-refractivity contribution is -0.123. The van der Waals surface area contributed by atoms with Gasteiger partial charge in [0.2, 0.25) is 5.91 Å². The van der Waals surface area contributed by atoms with Crippen molar-refractivity contribution in [1.29, 1.82) is 0 Å². The van der Waals surface area contributed by atoms with Crippen molar-refractivity contribution < 1.29 is 4.79 Å². The molecule has 2 saturated heterocycles. The van der Waals surface area contributed by atoms with Gasteiger partial charge in [0.25, 0.3) is 0 Å². The van der Waals surface area contributed by atoms with E-state index in [4.69, 9.17) is 0 Å². The lowest BCUT2D eigenvalue weighted by Crippen LogP contribution is -2.51. The van der Waals surface area contributed by atoms with Gasteiger partial charge in [-0.2, -0.15) is 0 Å². The minimum absolute atomic E-state index is 0.321. The van der Waals surface area contributed by atoms with Gasteiger partial charge in [0, 0.05) is 30.6 Å². The molecule has 1 aromatic carbocycles. The summed E-state index contributed by atoms with van der Waals surface area (Å²) in [5.41, 5.74) is 1.44. The summed E-state index contributed by atoms with van der Waals surface area (Å²) < 4.78 is 0. The fourth-order valence-corrected chi connectivity index (χ4v) is 4.32. The maximum atomic E-state index is 12.0. The molecule has 3 fully saturated rings. The number of rotatable bonds is 5. The summed E-state index contributed by atoms with van der Waals surface area (Å²) in [6, 6.07) is 12.6. The normalized spacial score (nSPS) is 31.2. The fraction of sp³-hybridized carbons (Fsp3) is 0.632. The van der Waals surface area contributed by atoms with Gasteiger partial charge < -0.3 is 5.32 Å². The van der Waals surface area contributed by atoms with Gasteiger partial charge in [-0.15, -0.1) is 0 Å². The van der Waals surface area contributed by atoms with Crippen LogP contribution in [0.5, 0.6) is 0 Å². The second kappa shape index (κ2) is 6.04. The molecule has 0 spiro atoms. The molecule has 1 aromatic rings. The Hall–Kier alpha value is -1.35. The number of benzene rings is 1. The molecule has 2 heterocycles. The van der Waals surface area contributed by atoms with Gasteiger partial charge in [-0.25, -0.2) is 0 Å². The Morgan fingerprint density at radius 3 is 2.36 bits per heavy atom. The topological polar surface area (TPSA) is 32.3 Å². The van der Waals surface area contributed by atoms with Crippen LogP contribution in [0.15, 0.2) is 30.3 Å². The van der Waals surface area contributed by atoms with Crippen molar-refractivity contribution in [1.82, 2.24) is 10.2 Å². The van der Waals surface area contributed by atoms with Crippen molar-refractivity contribution in [3.8, 4) is 0 Å². The molecule has 118 valence electrons. The van der Waals surface area contributed by atoms with Crippen LogP contribution in [0, 0.1) is 5.92 Å². The predicted molar refractivity (Wildman–Crippen MR) is 87.6 cm³/mol. The van der Waals surface area contributed by atoms with E-state index in [1.54, 1.807) is 0 Å². The van der Waals surface area contributed by atoms with Gasteiger partial charge in [-0.1, -0.05) is 30.3 Å². The molecule has 2 atom stereocenters. The molecular formula is C19H26N2O. The first kappa shape index (κ1) is 14.3. The Balaban J connectivity index is 1.31. The Morgan fingerprint density at radius 1 is 1.05 bits per heavy atom. The van der Waals surface area contributed by atoms with Gasteiger partial charge in [0.15, 0.2) is 0 Å². The average Bonchev–Trinajstić information content (AvgIpc) is 3.34. The Bertz CT molecular complexity index is 511. The van der Waals surface area contributed by atoms with Gasteiger partial charge >= 0.3 is 0 Å². The molecule has 3 nitrogen and oxygen atoms in total. The van der Waals surface area contributed by atoms with Crippen LogP contribution < -0.4 is 5.32 Å². The minimum Gasteiger partial charge on any atom is -0.353 e. The molecule has 1 amide bonds. The van der Waals surface area contributed by atoms with E-state index in [1.165, 1.54) is 24.9 Å². The highest BCUT2D eigenvalue weighted by molar-refractivity contribution is 5.81. The highest BCUT2D eigenvalue weighted by Crippen LogP contribution is 2.36. The van der Waals surface area contributed by atoms with Crippen molar-refractivity contribution >= 4 is 5.91 Å². The van der Waals surface area contributed by atoms with Crippen LogP contribution in [0.1, 0.15) is 44.1 Å². The summed E-state index contributed by atoms with van der Waals surface area (Å²) in [7, 11) is 0. The summed E-state index contributed by atoms with van der Waals surface area (Å²) in [4.78, 5) is 14.7.